The van der Waals surface area contributed by atoms with E-state index in [1.165, 1.54) is 6.20 Å². The summed E-state index contributed by atoms with van der Waals surface area (Å²) in [5, 5.41) is 11.6. The predicted molar refractivity (Wildman–Crippen MR) is 181 cm³/mol. The van der Waals surface area contributed by atoms with Crippen molar-refractivity contribution >= 4 is 51.8 Å². The number of rotatable bonds is 9. The summed E-state index contributed by atoms with van der Waals surface area (Å²) >= 11 is 1.85. The van der Waals surface area contributed by atoms with E-state index in [9.17, 15) is 9.18 Å². The first-order valence-corrected chi connectivity index (χ1v) is 16.7. The van der Waals surface area contributed by atoms with Crippen LogP contribution in [0.2, 0.25) is 0 Å². The van der Waals surface area contributed by atoms with Crippen LogP contribution in [-0.2, 0) is 11.8 Å². The van der Waals surface area contributed by atoms with Crippen LogP contribution in [0.1, 0.15) is 17.7 Å². The van der Waals surface area contributed by atoms with E-state index in [0.717, 1.165) is 58.0 Å². The Kier molecular flexibility index (Phi) is 8.64. The second-order valence-corrected chi connectivity index (χ2v) is 13.0. The van der Waals surface area contributed by atoms with Gasteiger partial charge in [-0.15, -0.1) is 0 Å². The third-order valence-corrected chi connectivity index (χ3v) is 9.40. The average molecular weight is 658 g/mol. The van der Waals surface area contributed by atoms with Gasteiger partial charge in [0.05, 0.1) is 29.6 Å². The summed E-state index contributed by atoms with van der Waals surface area (Å²) in [4.78, 5) is 38.2. The van der Waals surface area contributed by atoms with Gasteiger partial charge in [0.15, 0.2) is 17.5 Å². The predicted octanol–water partition coefficient (Wildman–Crippen LogP) is 4.29. The zero-order valence-electron chi connectivity index (χ0n) is 26.5. The lowest BCUT2D eigenvalue weighted by molar-refractivity contribution is -0.117. The largest absolute Gasteiger partial charge is 0.459 e. The maximum absolute atomic E-state index is 14.5. The van der Waals surface area contributed by atoms with Crippen molar-refractivity contribution in [1.29, 1.82) is 0 Å². The van der Waals surface area contributed by atoms with E-state index in [1.807, 2.05) is 72.9 Å². The molecule has 13 nitrogen and oxygen atoms in total. The molecular weight excluding hydrogens is 621 g/mol. The molecule has 7 rings (SSSR count). The molecule has 4 aromatic heterocycles. The molecular formula is C32H36FN11O2S. The van der Waals surface area contributed by atoms with Crippen molar-refractivity contribution in [3.05, 3.63) is 59.9 Å². The molecule has 2 aliphatic rings. The summed E-state index contributed by atoms with van der Waals surface area (Å²) in [5.41, 5.74) is 5.11. The summed E-state index contributed by atoms with van der Waals surface area (Å²) in [6, 6.07) is 7.90. The van der Waals surface area contributed by atoms with Crippen LogP contribution in [-0.4, -0.2) is 95.8 Å². The number of likely N-dealkylation sites (tertiary alicyclic amines) is 1. The molecule has 1 atom stereocenters. The lowest BCUT2D eigenvalue weighted by Crippen LogP contribution is -2.34. The van der Waals surface area contributed by atoms with E-state index in [1.54, 1.807) is 10.9 Å². The Bertz CT molecular complexity index is 1900. The van der Waals surface area contributed by atoms with Crippen LogP contribution in [0.3, 0.4) is 0 Å². The fourth-order valence-corrected chi connectivity index (χ4v) is 6.84. The van der Waals surface area contributed by atoms with Gasteiger partial charge in [-0.2, -0.15) is 21.8 Å². The number of fused-ring (bicyclic) bond motifs is 1. The molecule has 0 saturated carbocycles. The van der Waals surface area contributed by atoms with Crippen molar-refractivity contribution in [3.8, 4) is 17.3 Å². The first kappa shape index (κ1) is 30.9. The summed E-state index contributed by atoms with van der Waals surface area (Å²) in [6.07, 6.45) is 5.39. The summed E-state index contributed by atoms with van der Waals surface area (Å²) < 4.78 is 22.3. The molecule has 3 N–H and O–H groups in total. The first-order chi connectivity index (χ1) is 22.8. The van der Waals surface area contributed by atoms with E-state index in [2.05, 4.69) is 35.7 Å². The number of benzene rings is 1. The Balaban J connectivity index is 0.994. The number of hydrogen-bond acceptors (Lipinski definition) is 11. The van der Waals surface area contributed by atoms with Gasteiger partial charge in [-0.1, -0.05) is 12.1 Å². The fraction of sp³-hybridized carbons (Fsp3) is 0.375. The number of thioether (sulfide) groups is 1. The Morgan fingerprint density at radius 1 is 1.15 bits per heavy atom. The van der Waals surface area contributed by atoms with Gasteiger partial charge < -0.3 is 25.3 Å². The quantitative estimate of drug-likeness (QED) is 0.209. The minimum Gasteiger partial charge on any atom is -0.459 e. The van der Waals surface area contributed by atoms with Gasteiger partial charge in [0, 0.05) is 79.8 Å². The number of carbonyl (C=O) groups is 1. The number of para-hydroxylation sites is 1. The number of aryl methyl sites for hydroxylation is 3. The maximum atomic E-state index is 14.5. The number of aromatic nitrogens is 7. The lowest BCUT2D eigenvalue weighted by atomic mass is 10.1. The minimum absolute atomic E-state index is 0.132. The Hall–Kier alpha value is -4.76. The number of nitrogens with zero attached hydrogens (tertiary/aromatic N) is 8. The van der Waals surface area contributed by atoms with Gasteiger partial charge in [-0.05, 0) is 31.9 Å². The van der Waals surface area contributed by atoms with Crippen molar-refractivity contribution in [2.75, 3.05) is 59.8 Å². The van der Waals surface area contributed by atoms with Crippen LogP contribution in [0.4, 0.5) is 27.7 Å². The summed E-state index contributed by atoms with van der Waals surface area (Å²) in [6.45, 7) is 6.87. The summed E-state index contributed by atoms with van der Waals surface area (Å²) in [5.74, 6) is 2.71. The van der Waals surface area contributed by atoms with Gasteiger partial charge in [0.2, 0.25) is 11.9 Å². The van der Waals surface area contributed by atoms with Crippen LogP contribution >= 0.6 is 11.8 Å². The zero-order chi connectivity index (χ0) is 32.5. The SMILES string of the molecule is Cc1cnc(Nc2cc(C)n(C)n2)nc1-c1c[nH]c2c(NC(=O)CN3CC[C@H](Oc4ncc(F)c(N5CCSCC5)n4)C3)cccc12. The minimum atomic E-state index is -0.442. The fourth-order valence-electron chi connectivity index (χ4n) is 5.94. The highest BCUT2D eigenvalue weighted by Gasteiger charge is 2.27. The molecule has 2 aliphatic heterocycles. The van der Waals surface area contributed by atoms with E-state index < -0.39 is 5.82 Å². The molecule has 1 aromatic carbocycles. The van der Waals surface area contributed by atoms with Crippen LogP contribution in [0.25, 0.3) is 22.2 Å². The van der Waals surface area contributed by atoms with Crippen LogP contribution in [0.15, 0.2) is 42.9 Å². The smallest absolute Gasteiger partial charge is 0.318 e. The molecule has 47 heavy (non-hydrogen) atoms. The molecule has 5 aromatic rings. The molecule has 2 saturated heterocycles. The Labute approximate surface area is 275 Å². The topological polar surface area (TPSA) is 142 Å². The number of anilines is 4. The van der Waals surface area contributed by atoms with Gasteiger partial charge in [-0.3, -0.25) is 14.4 Å². The number of hydrogen-bond donors (Lipinski definition) is 3. The van der Waals surface area contributed by atoms with Crippen molar-refractivity contribution in [1.82, 2.24) is 39.6 Å². The van der Waals surface area contributed by atoms with Gasteiger partial charge in [0.25, 0.3) is 0 Å². The van der Waals surface area contributed by atoms with Crippen LogP contribution < -0.4 is 20.3 Å². The van der Waals surface area contributed by atoms with Crippen molar-refractivity contribution in [2.24, 2.45) is 7.05 Å². The highest BCUT2D eigenvalue weighted by Crippen LogP contribution is 2.33. The molecule has 0 spiro atoms. The van der Waals surface area contributed by atoms with E-state index in [0.29, 0.717) is 37.0 Å². The Morgan fingerprint density at radius 3 is 2.81 bits per heavy atom. The average Bonchev–Trinajstić information content (AvgIpc) is 3.78. The van der Waals surface area contributed by atoms with E-state index in [4.69, 9.17) is 9.72 Å². The summed E-state index contributed by atoms with van der Waals surface area (Å²) in [7, 11) is 1.89. The lowest BCUT2D eigenvalue weighted by Gasteiger charge is -2.27. The number of nitrogens with one attached hydrogen (secondary N) is 3. The van der Waals surface area contributed by atoms with E-state index in [-0.39, 0.29) is 30.4 Å². The second kappa shape index (κ2) is 13.2. The monoisotopic (exact) mass is 657 g/mol. The van der Waals surface area contributed by atoms with Gasteiger partial charge >= 0.3 is 6.01 Å². The molecule has 0 aliphatic carbocycles. The molecule has 15 heteroatoms. The van der Waals surface area contributed by atoms with Gasteiger partial charge in [0.1, 0.15) is 6.10 Å². The molecule has 0 radical (unpaired) electrons. The van der Waals surface area contributed by atoms with Crippen LogP contribution in [0, 0.1) is 19.7 Å². The molecule has 1 amide bonds. The number of H-pyrrole nitrogens is 1. The zero-order valence-corrected chi connectivity index (χ0v) is 27.3. The molecule has 6 heterocycles. The molecule has 244 valence electrons. The molecule has 0 unspecified atom stereocenters. The van der Waals surface area contributed by atoms with Crippen LogP contribution in [0.5, 0.6) is 6.01 Å². The van der Waals surface area contributed by atoms with Crippen molar-refractivity contribution in [2.45, 2.75) is 26.4 Å². The number of carbonyl (C=O) groups excluding carboxylic acids is 1. The van der Waals surface area contributed by atoms with Crippen molar-refractivity contribution in [3.63, 3.8) is 0 Å². The highest BCUT2D eigenvalue weighted by molar-refractivity contribution is 7.99. The number of amides is 1. The van der Waals surface area contributed by atoms with Crippen molar-refractivity contribution < 1.29 is 13.9 Å². The van der Waals surface area contributed by atoms with E-state index >= 15 is 0 Å². The normalized spacial score (nSPS) is 16.9. The first-order valence-electron chi connectivity index (χ1n) is 15.6. The molecule has 0 bridgehead atoms. The number of aromatic amines is 1. The third kappa shape index (κ3) is 6.72. The molecule has 2 fully saturated rings. The standard InChI is InChI=1S/C32H36FN11O2S/c1-19-14-35-31(38-26-13-20(2)42(3)41-26)39-28(19)23-15-34-29-22(23)5-4-6-25(29)37-27(45)18-43-8-7-21(17-43)46-32-36-16-24(33)30(40-32)44-9-11-47-12-10-44/h4-6,13-16,21,34H,7-12,17-18H2,1-3H3,(H,37,45)(H,35,38,39,41)/t21-/m0/s1. The Morgan fingerprint density at radius 2 is 2.00 bits per heavy atom. The number of ether oxygens (including phenoxy) is 1. The second-order valence-electron chi connectivity index (χ2n) is 11.8. The number of halogens is 1. The highest BCUT2D eigenvalue weighted by atomic mass is 32.2. The van der Waals surface area contributed by atoms with Gasteiger partial charge in [-0.25, -0.2) is 19.3 Å². The third-order valence-electron chi connectivity index (χ3n) is 8.45. The maximum Gasteiger partial charge on any atom is 0.318 e.